The number of nitrogens with one attached hydrogen (secondary N) is 1. The van der Waals surface area contributed by atoms with Crippen molar-refractivity contribution in [3.8, 4) is 5.75 Å². The Balaban J connectivity index is 2.05. The van der Waals surface area contributed by atoms with Gasteiger partial charge in [0.05, 0.1) is 30.8 Å². The zero-order chi connectivity index (χ0) is 19.7. The molecule has 144 valence electrons. The number of aromatic nitrogens is 3. The van der Waals surface area contributed by atoms with Gasteiger partial charge in [-0.15, -0.1) is 0 Å². The molecule has 0 saturated carbocycles. The number of pyridine rings is 1. The first kappa shape index (κ1) is 19.3. The number of carbonyl (C=O) groups excluding carboxylic acids is 1. The topological polar surface area (TPSA) is 106 Å². The normalized spacial score (nSPS) is 16.4. The van der Waals surface area contributed by atoms with Gasteiger partial charge in [0, 0.05) is 30.4 Å². The number of aryl methyl sites for hydroxylation is 1. The van der Waals surface area contributed by atoms with E-state index in [9.17, 15) is 4.79 Å². The van der Waals surface area contributed by atoms with E-state index in [-0.39, 0.29) is 22.8 Å². The zero-order valence-corrected chi connectivity index (χ0v) is 16.6. The molecule has 3 rings (SSSR count). The van der Waals surface area contributed by atoms with Crippen LogP contribution in [0.1, 0.15) is 27.2 Å². The number of hydrogen-bond donors (Lipinski definition) is 2. The summed E-state index contributed by atoms with van der Waals surface area (Å²) in [5, 5.41) is 3.14. The summed E-state index contributed by atoms with van der Waals surface area (Å²) in [5.41, 5.74) is 8.86. The molecular weight excluding hydrogens is 368 g/mol. The fourth-order valence-corrected chi connectivity index (χ4v) is 3.74. The lowest BCUT2D eigenvalue weighted by Crippen LogP contribution is -2.44. The van der Waals surface area contributed by atoms with Crippen molar-refractivity contribution in [3.05, 3.63) is 33.7 Å². The number of nitrogens with two attached hydrogens (primary N) is 1. The van der Waals surface area contributed by atoms with Crippen molar-refractivity contribution in [2.75, 3.05) is 37.9 Å². The van der Waals surface area contributed by atoms with Crippen molar-refractivity contribution < 1.29 is 9.53 Å². The van der Waals surface area contributed by atoms with E-state index >= 15 is 0 Å². The Kier molecular flexibility index (Phi) is 5.48. The number of nitrogens with zero attached hydrogens (tertiary/aromatic N) is 4. The van der Waals surface area contributed by atoms with Crippen molar-refractivity contribution in [1.29, 1.82) is 0 Å². The first-order valence-electron chi connectivity index (χ1n) is 8.63. The monoisotopic (exact) mass is 390 g/mol. The second-order valence-corrected chi connectivity index (χ2v) is 6.97. The third-order valence-corrected chi connectivity index (χ3v) is 5.03. The van der Waals surface area contributed by atoms with Gasteiger partial charge in [0.15, 0.2) is 5.78 Å². The maximum absolute atomic E-state index is 12.8. The van der Waals surface area contributed by atoms with Crippen molar-refractivity contribution in [2.24, 2.45) is 5.92 Å². The molecule has 9 heteroatoms. The molecule has 0 saturated heterocycles. The average Bonchev–Trinajstić information content (AvgIpc) is 2.61. The molecular formula is C18H23ClN6O2. The molecule has 27 heavy (non-hydrogen) atoms. The van der Waals surface area contributed by atoms with Gasteiger partial charge in [-0.25, -0.2) is 4.98 Å². The summed E-state index contributed by atoms with van der Waals surface area (Å²) < 4.78 is 5.50. The number of Topliss-reactive ketones (excluding diaryl/α,β-unsaturated/α-hetero) is 1. The molecule has 0 spiro atoms. The number of ether oxygens (including phenoxy) is 1. The van der Waals surface area contributed by atoms with Crippen LogP contribution in [0.15, 0.2) is 6.20 Å². The van der Waals surface area contributed by atoms with Gasteiger partial charge in [0.1, 0.15) is 16.7 Å². The number of anilines is 2. The summed E-state index contributed by atoms with van der Waals surface area (Å²) >= 11 is 6.24. The average molecular weight is 391 g/mol. The number of rotatable bonds is 5. The summed E-state index contributed by atoms with van der Waals surface area (Å²) in [6, 6.07) is 0. The van der Waals surface area contributed by atoms with Gasteiger partial charge in [-0.3, -0.25) is 9.78 Å². The van der Waals surface area contributed by atoms with E-state index in [1.165, 1.54) is 0 Å². The molecule has 0 amide bonds. The predicted octanol–water partition coefficient (Wildman–Crippen LogP) is 1.77. The smallest absolute Gasteiger partial charge is 0.223 e. The minimum absolute atomic E-state index is 0.0368. The van der Waals surface area contributed by atoms with Crippen LogP contribution in [0, 0.1) is 19.8 Å². The SMILES string of the molecule is CNCC1CN(Cc2ncc(C)c(OC)c2C)c2nc(N)nc(Cl)c2C1=O. The number of nitrogen functional groups attached to an aromatic ring is 1. The van der Waals surface area contributed by atoms with Crippen LogP contribution in [-0.4, -0.2) is 48.0 Å². The van der Waals surface area contributed by atoms with E-state index in [0.29, 0.717) is 31.0 Å². The Morgan fingerprint density at radius 3 is 2.81 bits per heavy atom. The van der Waals surface area contributed by atoms with Gasteiger partial charge in [-0.2, -0.15) is 4.98 Å². The zero-order valence-electron chi connectivity index (χ0n) is 15.8. The molecule has 0 fully saturated rings. The lowest BCUT2D eigenvalue weighted by molar-refractivity contribution is 0.0914. The number of carbonyl (C=O) groups is 1. The van der Waals surface area contributed by atoms with Crippen LogP contribution >= 0.6 is 11.6 Å². The maximum atomic E-state index is 12.8. The first-order valence-corrected chi connectivity index (χ1v) is 9.01. The lowest BCUT2D eigenvalue weighted by atomic mass is 9.93. The van der Waals surface area contributed by atoms with E-state index < -0.39 is 0 Å². The van der Waals surface area contributed by atoms with E-state index in [0.717, 1.165) is 22.6 Å². The van der Waals surface area contributed by atoms with Gasteiger partial charge >= 0.3 is 0 Å². The lowest BCUT2D eigenvalue weighted by Gasteiger charge is -2.34. The molecule has 0 aliphatic carbocycles. The fraction of sp³-hybridized carbons (Fsp3) is 0.444. The number of hydrogen-bond acceptors (Lipinski definition) is 8. The molecule has 1 aliphatic heterocycles. The molecule has 2 aromatic heterocycles. The van der Waals surface area contributed by atoms with Crippen molar-refractivity contribution in [3.63, 3.8) is 0 Å². The highest BCUT2D eigenvalue weighted by atomic mass is 35.5. The molecule has 0 radical (unpaired) electrons. The molecule has 0 bridgehead atoms. The molecule has 0 aromatic carbocycles. The summed E-state index contributed by atoms with van der Waals surface area (Å²) in [6.07, 6.45) is 1.78. The number of fused-ring (bicyclic) bond motifs is 1. The third kappa shape index (κ3) is 3.54. The molecule has 3 heterocycles. The van der Waals surface area contributed by atoms with Crippen molar-refractivity contribution in [2.45, 2.75) is 20.4 Å². The first-order chi connectivity index (χ1) is 12.9. The van der Waals surface area contributed by atoms with Gasteiger partial charge in [0.25, 0.3) is 0 Å². The second-order valence-electron chi connectivity index (χ2n) is 6.62. The number of ketones is 1. The van der Waals surface area contributed by atoms with E-state index in [1.54, 1.807) is 13.3 Å². The van der Waals surface area contributed by atoms with Crippen LogP contribution in [0.5, 0.6) is 5.75 Å². The second kappa shape index (κ2) is 7.66. The quantitative estimate of drug-likeness (QED) is 0.744. The van der Waals surface area contributed by atoms with E-state index in [2.05, 4.69) is 20.3 Å². The molecule has 8 nitrogen and oxygen atoms in total. The Hall–Kier alpha value is -2.45. The summed E-state index contributed by atoms with van der Waals surface area (Å²) in [5.74, 6) is 0.951. The van der Waals surface area contributed by atoms with Gasteiger partial charge in [-0.1, -0.05) is 11.6 Å². The Morgan fingerprint density at radius 2 is 2.15 bits per heavy atom. The van der Waals surface area contributed by atoms with Crippen LogP contribution in [0.2, 0.25) is 5.15 Å². The summed E-state index contributed by atoms with van der Waals surface area (Å²) in [4.78, 5) is 27.6. The van der Waals surface area contributed by atoms with Crippen molar-refractivity contribution >= 4 is 29.2 Å². The maximum Gasteiger partial charge on any atom is 0.223 e. The van der Waals surface area contributed by atoms with Gasteiger partial charge in [0.2, 0.25) is 5.95 Å². The minimum Gasteiger partial charge on any atom is -0.496 e. The molecule has 2 aromatic rings. The molecule has 1 aliphatic rings. The molecule has 1 atom stereocenters. The van der Waals surface area contributed by atoms with Gasteiger partial charge < -0.3 is 20.7 Å². The number of halogens is 1. The highest BCUT2D eigenvalue weighted by Gasteiger charge is 2.36. The minimum atomic E-state index is -0.264. The standard InChI is InChI=1S/C18H23ClN6O2/c1-9-5-22-12(10(2)15(9)27-4)8-25-7-11(6-21-3)14(26)13-16(19)23-18(20)24-17(13)25/h5,11,21H,6-8H2,1-4H3,(H2,20,23,24). The Bertz CT molecular complexity index is 889. The summed E-state index contributed by atoms with van der Waals surface area (Å²) in [7, 11) is 3.45. The van der Waals surface area contributed by atoms with Crippen LogP contribution in [-0.2, 0) is 6.54 Å². The number of methoxy groups -OCH3 is 1. The predicted molar refractivity (Wildman–Crippen MR) is 105 cm³/mol. The molecule has 1 unspecified atom stereocenters. The van der Waals surface area contributed by atoms with E-state index in [1.807, 2.05) is 25.8 Å². The van der Waals surface area contributed by atoms with Crippen molar-refractivity contribution in [1.82, 2.24) is 20.3 Å². The van der Waals surface area contributed by atoms with E-state index in [4.69, 9.17) is 22.1 Å². The van der Waals surface area contributed by atoms with Crippen LogP contribution in [0.3, 0.4) is 0 Å². The molecule has 3 N–H and O–H groups in total. The van der Waals surface area contributed by atoms with Gasteiger partial charge in [-0.05, 0) is 20.9 Å². The third-order valence-electron chi connectivity index (χ3n) is 4.76. The largest absolute Gasteiger partial charge is 0.496 e. The Labute approximate surface area is 163 Å². The highest BCUT2D eigenvalue weighted by Crippen LogP contribution is 2.34. The fourth-order valence-electron chi connectivity index (χ4n) is 3.47. The highest BCUT2D eigenvalue weighted by molar-refractivity contribution is 6.34. The van der Waals surface area contributed by atoms with Crippen LogP contribution < -0.4 is 20.7 Å². The summed E-state index contributed by atoms with van der Waals surface area (Å²) in [6.45, 7) is 5.39. The Morgan fingerprint density at radius 1 is 1.41 bits per heavy atom. The van der Waals surface area contributed by atoms with Crippen LogP contribution in [0.4, 0.5) is 11.8 Å². The van der Waals surface area contributed by atoms with Crippen LogP contribution in [0.25, 0.3) is 0 Å².